The zero-order chi connectivity index (χ0) is 20.0. The van der Waals surface area contributed by atoms with Crippen LogP contribution in [0.25, 0.3) is 0 Å². The molecule has 1 saturated heterocycles. The predicted molar refractivity (Wildman–Crippen MR) is 108 cm³/mol. The van der Waals surface area contributed by atoms with Crippen LogP contribution in [-0.4, -0.2) is 36.5 Å². The second-order valence-electron chi connectivity index (χ2n) is 6.47. The highest BCUT2D eigenvalue weighted by atomic mass is 79.9. The Labute approximate surface area is 169 Å². The molecule has 7 nitrogen and oxygen atoms in total. The number of Topliss-reactive ketones (excluding diaryl/α,β-unsaturated/α-hetero) is 1. The third kappa shape index (κ3) is 2.72. The molecule has 0 radical (unpaired) electrons. The number of amides is 2. The standard InChI is InChI=1S/C20H16BrN3O4/c1-11(25)17-16-18(24(22-17)13-9-7-12(21)8-10-13)20(27)23(19(16)26)14-5-3-4-6-15(14)28-2/h3-10,16,18H,1-2H3/t16-,18-/m1/s1. The summed E-state index contributed by atoms with van der Waals surface area (Å²) in [5, 5.41) is 5.79. The van der Waals surface area contributed by atoms with Crippen molar-refractivity contribution in [2.24, 2.45) is 11.0 Å². The molecular weight excluding hydrogens is 426 g/mol. The molecule has 2 heterocycles. The van der Waals surface area contributed by atoms with Gasteiger partial charge in [0.2, 0.25) is 5.91 Å². The molecule has 0 bridgehead atoms. The van der Waals surface area contributed by atoms with Gasteiger partial charge >= 0.3 is 0 Å². The Morgan fingerprint density at radius 3 is 2.39 bits per heavy atom. The third-order valence-electron chi connectivity index (χ3n) is 4.83. The van der Waals surface area contributed by atoms with Crippen LogP contribution < -0.4 is 14.6 Å². The number of hydrogen-bond acceptors (Lipinski definition) is 6. The maximum absolute atomic E-state index is 13.3. The number of hydrogen-bond donors (Lipinski definition) is 0. The Morgan fingerprint density at radius 1 is 1.07 bits per heavy atom. The molecule has 2 aromatic rings. The van der Waals surface area contributed by atoms with Gasteiger partial charge in [0, 0.05) is 11.4 Å². The van der Waals surface area contributed by atoms with E-state index in [1.54, 1.807) is 36.4 Å². The Bertz CT molecular complexity index is 1020. The summed E-state index contributed by atoms with van der Waals surface area (Å²) in [5.74, 6) is -1.80. The lowest BCUT2D eigenvalue weighted by Gasteiger charge is -2.22. The van der Waals surface area contributed by atoms with Gasteiger partial charge in [0.05, 0.1) is 18.5 Å². The largest absolute Gasteiger partial charge is 0.495 e. The van der Waals surface area contributed by atoms with E-state index < -0.39 is 23.8 Å². The van der Waals surface area contributed by atoms with E-state index in [-0.39, 0.29) is 11.5 Å². The zero-order valence-corrected chi connectivity index (χ0v) is 16.7. The van der Waals surface area contributed by atoms with E-state index in [1.165, 1.54) is 19.0 Å². The topological polar surface area (TPSA) is 79.3 Å². The van der Waals surface area contributed by atoms with Crippen molar-refractivity contribution >= 4 is 50.6 Å². The lowest BCUT2D eigenvalue weighted by atomic mass is 9.95. The zero-order valence-electron chi connectivity index (χ0n) is 15.1. The number of methoxy groups -OCH3 is 1. The van der Waals surface area contributed by atoms with Gasteiger partial charge in [0.15, 0.2) is 5.78 Å². The van der Waals surface area contributed by atoms with Gasteiger partial charge in [-0.3, -0.25) is 19.4 Å². The molecule has 0 N–H and O–H groups in total. The number of anilines is 2. The van der Waals surface area contributed by atoms with Crippen LogP contribution in [0.1, 0.15) is 6.92 Å². The van der Waals surface area contributed by atoms with E-state index in [4.69, 9.17) is 4.74 Å². The number of carbonyl (C=O) groups is 3. The first-order valence-corrected chi connectivity index (χ1v) is 9.38. The number of ketones is 1. The Hall–Kier alpha value is -3.00. The summed E-state index contributed by atoms with van der Waals surface area (Å²) in [5.41, 5.74) is 1.06. The van der Waals surface area contributed by atoms with Gasteiger partial charge in [-0.25, -0.2) is 4.90 Å². The van der Waals surface area contributed by atoms with Crippen molar-refractivity contribution in [2.75, 3.05) is 17.0 Å². The summed E-state index contributed by atoms with van der Waals surface area (Å²) in [6.07, 6.45) is 0. The van der Waals surface area contributed by atoms with Crippen LogP contribution in [0.4, 0.5) is 11.4 Å². The van der Waals surface area contributed by atoms with E-state index in [1.807, 2.05) is 12.1 Å². The Balaban J connectivity index is 1.82. The maximum Gasteiger partial charge on any atom is 0.260 e. The SMILES string of the molecule is COc1ccccc1N1C(=O)[C@@H]2C(C(C)=O)=NN(c3ccc(Br)cc3)[C@H]2C1=O. The first-order chi connectivity index (χ1) is 13.4. The molecule has 2 aliphatic heterocycles. The molecule has 0 saturated carbocycles. The van der Waals surface area contributed by atoms with Crippen molar-refractivity contribution in [1.82, 2.24) is 0 Å². The van der Waals surface area contributed by atoms with Crippen LogP contribution in [0.2, 0.25) is 0 Å². The van der Waals surface area contributed by atoms with Gasteiger partial charge < -0.3 is 4.74 Å². The number of imide groups is 1. The second kappa shape index (κ2) is 6.87. The van der Waals surface area contributed by atoms with Crippen LogP contribution in [0.5, 0.6) is 5.75 Å². The molecule has 1 fully saturated rings. The molecule has 0 aliphatic carbocycles. The van der Waals surface area contributed by atoms with Crippen LogP contribution in [-0.2, 0) is 14.4 Å². The molecule has 142 valence electrons. The van der Waals surface area contributed by atoms with Crippen molar-refractivity contribution < 1.29 is 19.1 Å². The van der Waals surface area contributed by atoms with Crippen LogP contribution in [0, 0.1) is 5.92 Å². The van der Waals surface area contributed by atoms with E-state index in [0.717, 1.165) is 9.37 Å². The summed E-state index contributed by atoms with van der Waals surface area (Å²) in [6.45, 7) is 1.35. The highest BCUT2D eigenvalue weighted by molar-refractivity contribution is 9.10. The first-order valence-electron chi connectivity index (χ1n) is 8.59. The van der Waals surface area contributed by atoms with Crippen molar-refractivity contribution in [1.29, 1.82) is 0 Å². The van der Waals surface area contributed by atoms with E-state index in [2.05, 4.69) is 21.0 Å². The van der Waals surface area contributed by atoms with E-state index in [9.17, 15) is 14.4 Å². The van der Waals surface area contributed by atoms with Crippen LogP contribution in [0.15, 0.2) is 58.1 Å². The summed E-state index contributed by atoms with van der Waals surface area (Å²) >= 11 is 3.37. The normalized spacial score (nSPS) is 21.0. The van der Waals surface area contributed by atoms with Gasteiger partial charge in [-0.1, -0.05) is 28.1 Å². The molecule has 8 heteroatoms. The maximum atomic E-state index is 13.3. The predicted octanol–water partition coefficient (Wildman–Crippen LogP) is 2.78. The highest BCUT2D eigenvalue weighted by Gasteiger charge is 2.58. The van der Waals surface area contributed by atoms with Gasteiger partial charge in [-0.2, -0.15) is 5.10 Å². The Kier molecular flexibility index (Phi) is 4.50. The summed E-state index contributed by atoms with van der Waals surface area (Å²) < 4.78 is 6.18. The average molecular weight is 442 g/mol. The summed E-state index contributed by atoms with van der Waals surface area (Å²) in [4.78, 5) is 39.8. The smallest absolute Gasteiger partial charge is 0.260 e. The highest BCUT2D eigenvalue weighted by Crippen LogP contribution is 2.40. The molecule has 2 amide bonds. The molecule has 0 spiro atoms. The van der Waals surface area contributed by atoms with Crippen molar-refractivity contribution in [2.45, 2.75) is 13.0 Å². The second-order valence-corrected chi connectivity index (χ2v) is 7.38. The Morgan fingerprint density at radius 2 is 1.75 bits per heavy atom. The first kappa shape index (κ1) is 18.4. The van der Waals surface area contributed by atoms with Gasteiger partial charge in [0.1, 0.15) is 23.4 Å². The minimum atomic E-state index is -0.946. The molecular formula is C20H16BrN3O4. The monoisotopic (exact) mass is 441 g/mol. The fourth-order valence-corrected chi connectivity index (χ4v) is 3.83. The number of rotatable bonds is 4. The fraction of sp³-hybridized carbons (Fsp3) is 0.200. The number of ether oxygens (including phenoxy) is 1. The summed E-state index contributed by atoms with van der Waals surface area (Å²) in [7, 11) is 1.47. The molecule has 0 unspecified atom stereocenters. The fourth-order valence-electron chi connectivity index (χ4n) is 3.56. The summed E-state index contributed by atoms with van der Waals surface area (Å²) in [6, 6.07) is 13.1. The molecule has 28 heavy (non-hydrogen) atoms. The van der Waals surface area contributed by atoms with Gasteiger partial charge in [0.25, 0.3) is 5.91 Å². The number of nitrogens with zero attached hydrogens (tertiary/aromatic N) is 3. The molecule has 2 aliphatic rings. The van der Waals surface area contributed by atoms with Gasteiger partial charge in [-0.05, 0) is 36.4 Å². The number of fused-ring (bicyclic) bond motifs is 1. The molecule has 4 rings (SSSR count). The number of hydrazone groups is 1. The van der Waals surface area contributed by atoms with Crippen LogP contribution >= 0.6 is 15.9 Å². The molecule has 2 atom stereocenters. The van der Waals surface area contributed by atoms with E-state index >= 15 is 0 Å². The third-order valence-corrected chi connectivity index (χ3v) is 5.36. The minimum Gasteiger partial charge on any atom is -0.495 e. The minimum absolute atomic E-state index is 0.0867. The number of benzene rings is 2. The van der Waals surface area contributed by atoms with Crippen molar-refractivity contribution in [3.63, 3.8) is 0 Å². The van der Waals surface area contributed by atoms with E-state index in [0.29, 0.717) is 17.1 Å². The lowest BCUT2D eigenvalue weighted by molar-refractivity contribution is -0.122. The number of carbonyl (C=O) groups excluding carboxylic acids is 3. The lowest BCUT2D eigenvalue weighted by Crippen LogP contribution is -2.39. The number of para-hydroxylation sites is 2. The molecule has 2 aromatic carbocycles. The van der Waals surface area contributed by atoms with Gasteiger partial charge in [-0.15, -0.1) is 0 Å². The number of halogens is 1. The average Bonchev–Trinajstić information content (AvgIpc) is 3.20. The van der Waals surface area contributed by atoms with Crippen molar-refractivity contribution in [3.8, 4) is 5.75 Å². The molecule has 0 aromatic heterocycles. The quantitative estimate of drug-likeness (QED) is 0.681. The van der Waals surface area contributed by atoms with Crippen LogP contribution in [0.3, 0.4) is 0 Å². The van der Waals surface area contributed by atoms with Crippen molar-refractivity contribution in [3.05, 3.63) is 53.0 Å².